The normalized spacial score (nSPS) is 18.6. The first-order valence-corrected chi connectivity index (χ1v) is 10.8. The number of anilines is 1. The van der Waals surface area contributed by atoms with Crippen LogP contribution < -0.4 is 14.4 Å². The lowest BCUT2D eigenvalue weighted by Gasteiger charge is -2.35. The Hall–Kier alpha value is -1.79. The summed E-state index contributed by atoms with van der Waals surface area (Å²) in [7, 11) is 0. The molecule has 150 valence electrons. The smallest absolute Gasteiger partial charge is 0.165 e. The maximum Gasteiger partial charge on any atom is 0.165 e. The van der Waals surface area contributed by atoms with Gasteiger partial charge in [-0.2, -0.15) is 0 Å². The first-order valence-electron chi connectivity index (χ1n) is 10.0. The predicted octanol–water partition coefficient (Wildman–Crippen LogP) is 4.15. The third-order valence-corrected chi connectivity index (χ3v) is 5.77. The molecule has 1 fully saturated rings. The Kier molecular flexibility index (Phi) is 5.78. The first-order chi connectivity index (χ1) is 13.5. The van der Waals surface area contributed by atoms with Crippen LogP contribution in [-0.2, 0) is 6.42 Å². The van der Waals surface area contributed by atoms with Crippen molar-refractivity contribution in [3.05, 3.63) is 46.6 Å². The van der Waals surface area contributed by atoms with Crippen molar-refractivity contribution >= 4 is 21.7 Å². The van der Waals surface area contributed by atoms with E-state index < -0.39 is 0 Å². The fourth-order valence-corrected chi connectivity index (χ4v) is 4.44. The average molecular weight is 446 g/mol. The Balaban J connectivity index is 1.23. The van der Waals surface area contributed by atoms with E-state index in [-0.39, 0.29) is 5.60 Å². The molecular formula is C22H28BrN3O2. The molecule has 1 aromatic heterocycles. The van der Waals surface area contributed by atoms with Gasteiger partial charge in [0.25, 0.3) is 0 Å². The average Bonchev–Trinajstić information content (AvgIpc) is 3.00. The van der Waals surface area contributed by atoms with E-state index in [0.29, 0.717) is 6.61 Å². The number of pyridine rings is 1. The Morgan fingerprint density at radius 2 is 2.00 bits per heavy atom. The van der Waals surface area contributed by atoms with Gasteiger partial charge in [-0.05, 0) is 44.5 Å². The van der Waals surface area contributed by atoms with Gasteiger partial charge < -0.3 is 14.4 Å². The van der Waals surface area contributed by atoms with Crippen molar-refractivity contribution in [3.63, 3.8) is 0 Å². The summed E-state index contributed by atoms with van der Waals surface area (Å²) in [5.74, 6) is 2.85. The molecule has 2 aliphatic rings. The largest absolute Gasteiger partial charge is 0.490 e. The number of hydrogen-bond acceptors (Lipinski definition) is 5. The lowest BCUT2D eigenvalue weighted by atomic mass is 10.0. The Labute approximate surface area is 175 Å². The molecule has 0 N–H and O–H groups in total. The monoisotopic (exact) mass is 445 g/mol. The van der Waals surface area contributed by atoms with Gasteiger partial charge in [0.2, 0.25) is 0 Å². The Morgan fingerprint density at radius 1 is 1.18 bits per heavy atom. The topological polar surface area (TPSA) is 37.8 Å². The van der Waals surface area contributed by atoms with Crippen LogP contribution in [0.3, 0.4) is 0 Å². The number of aromatic nitrogens is 1. The molecule has 0 amide bonds. The van der Waals surface area contributed by atoms with Gasteiger partial charge in [0.1, 0.15) is 11.4 Å². The SMILES string of the molecule is CC1(C)Cc2cc(Br)cc(OCCCN3CCN(c4ccccn4)CC3)c2O1. The van der Waals surface area contributed by atoms with Gasteiger partial charge >= 0.3 is 0 Å². The molecule has 1 saturated heterocycles. The fraction of sp³-hybridized carbons (Fsp3) is 0.500. The number of halogens is 1. The minimum atomic E-state index is -0.158. The molecule has 2 aromatic rings. The molecule has 2 aliphatic heterocycles. The second kappa shape index (κ2) is 8.29. The molecular weight excluding hydrogens is 418 g/mol. The van der Waals surface area contributed by atoms with Crippen LogP contribution in [0.2, 0.25) is 0 Å². The summed E-state index contributed by atoms with van der Waals surface area (Å²) in [6, 6.07) is 10.3. The minimum absolute atomic E-state index is 0.158. The molecule has 0 saturated carbocycles. The summed E-state index contributed by atoms with van der Waals surface area (Å²) in [5.41, 5.74) is 1.06. The highest BCUT2D eigenvalue weighted by atomic mass is 79.9. The molecule has 0 spiro atoms. The molecule has 6 heteroatoms. The van der Waals surface area contributed by atoms with E-state index in [0.717, 1.165) is 67.4 Å². The molecule has 3 heterocycles. The molecule has 0 unspecified atom stereocenters. The lowest BCUT2D eigenvalue weighted by molar-refractivity contribution is 0.131. The lowest BCUT2D eigenvalue weighted by Crippen LogP contribution is -2.47. The maximum atomic E-state index is 6.11. The summed E-state index contributed by atoms with van der Waals surface area (Å²) in [6.45, 7) is 10.2. The molecule has 0 aliphatic carbocycles. The minimum Gasteiger partial charge on any atom is -0.490 e. The van der Waals surface area contributed by atoms with Crippen LogP contribution in [-0.4, -0.2) is 54.8 Å². The third kappa shape index (κ3) is 4.61. The summed E-state index contributed by atoms with van der Waals surface area (Å²) in [4.78, 5) is 9.32. The summed E-state index contributed by atoms with van der Waals surface area (Å²) < 4.78 is 13.3. The maximum absolute atomic E-state index is 6.11. The molecule has 5 nitrogen and oxygen atoms in total. The van der Waals surface area contributed by atoms with Crippen LogP contribution in [0.15, 0.2) is 41.0 Å². The summed E-state index contributed by atoms with van der Waals surface area (Å²) in [5, 5.41) is 0. The van der Waals surface area contributed by atoms with Crippen LogP contribution in [0, 0.1) is 0 Å². The van der Waals surface area contributed by atoms with Crippen molar-refractivity contribution in [2.45, 2.75) is 32.3 Å². The molecule has 0 radical (unpaired) electrons. The zero-order valence-corrected chi connectivity index (χ0v) is 18.2. The van der Waals surface area contributed by atoms with E-state index in [2.05, 4.69) is 62.8 Å². The summed E-state index contributed by atoms with van der Waals surface area (Å²) >= 11 is 3.60. The van der Waals surface area contributed by atoms with Crippen LogP contribution in [0.1, 0.15) is 25.8 Å². The highest BCUT2D eigenvalue weighted by Gasteiger charge is 2.32. The molecule has 28 heavy (non-hydrogen) atoms. The fourth-order valence-electron chi connectivity index (χ4n) is 3.96. The predicted molar refractivity (Wildman–Crippen MR) is 116 cm³/mol. The van der Waals surface area contributed by atoms with E-state index in [1.807, 2.05) is 18.3 Å². The zero-order valence-electron chi connectivity index (χ0n) is 16.7. The van der Waals surface area contributed by atoms with Gasteiger partial charge in [-0.1, -0.05) is 22.0 Å². The number of nitrogens with zero attached hydrogens (tertiary/aromatic N) is 3. The number of fused-ring (bicyclic) bond motifs is 1. The second-order valence-electron chi connectivity index (χ2n) is 8.15. The number of hydrogen-bond donors (Lipinski definition) is 0. The second-order valence-corrected chi connectivity index (χ2v) is 9.07. The van der Waals surface area contributed by atoms with Gasteiger partial charge in [0, 0.05) is 55.4 Å². The Bertz CT molecular complexity index is 805. The molecule has 0 bridgehead atoms. The number of benzene rings is 1. The van der Waals surface area contributed by atoms with Crippen LogP contribution in [0.5, 0.6) is 11.5 Å². The summed E-state index contributed by atoms with van der Waals surface area (Å²) in [6.07, 6.45) is 3.79. The van der Waals surface area contributed by atoms with Crippen molar-refractivity contribution in [2.75, 3.05) is 44.2 Å². The van der Waals surface area contributed by atoms with Crippen molar-refractivity contribution in [1.82, 2.24) is 9.88 Å². The third-order valence-electron chi connectivity index (χ3n) is 5.31. The van der Waals surface area contributed by atoms with Crippen LogP contribution in [0.4, 0.5) is 5.82 Å². The van der Waals surface area contributed by atoms with Gasteiger partial charge in [-0.25, -0.2) is 4.98 Å². The van der Waals surface area contributed by atoms with Gasteiger partial charge in [0.15, 0.2) is 11.5 Å². The molecule has 4 rings (SSSR count). The highest BCUT2D eigenvalue weighted by Crippen LogP contribution is 2.43. The van der Waals surface area contributed by atoms with Crippen molar-refractivity contribution in [1.29, 1.82) is 0 Å². The van der Waals surface area contributed by atoms with Crippen LogP contribution >= 0.6 is 15.9 Å². The van der Waals surface area contributed by atoms with Crippen molar-refractivity contribution in [2.24, 2.45) is 0 Å². The van der Waals surface area contributed by atoms with Gasteiger partial charge in [-0.15, -0.1) is 0 Å². The number of piperazine rings is 1. The van der Waals surface area contributed by atoms with Gasteiger partial charge in [0.05, 0.1) is 6.61 Å². The molecule has 0 atom stereocenters. The van der Waals surface area contributed by atoms with Crippen molar-refractivity contribution in [3.8, 4) is 11.5 Å². The van der Waals surface area contributed by atoms with E-state index >= 15 is 0 Å². The number of rotatable bonds is 6. The van der Waals surface area contributed by atoms with E-state index in [9.17, 15) is 0 Å². The van der Waals surface area contributed by atoms with E-state index in [4.69, 9.17) is 9.47 Å². The zero-order chi connectivity index (χ0) is 19.6. The quantitative estimate of drug-likeness (QED) is 0.624. The van der Waals surface area contributed by atoms with Gasteiger partial charge in [-0.3, -0.25) is 4.90 Å². The standard InChI is InChI=1S/C22H28BrN3O2/c1-22(2)16-17-14-18(23)15-19(21(17)28-22)27-13-5-8-25-9-11-26(12-10-25)20-6-3-4-7-24-20/h3-4,6-7,14-15H,5,8-13,16H2,1-2H3. The van der Waals surface area contributed by atoms with Crippen LogP contribution in [0.25, 0.3) is 0 Å². The van der Waals surface area contributed by atoms with E-state index in [1.165, 1.54) is 5.56 Å². The van der Waals surface area contributed by atoms with Crippen molar-refractivity contribution < 1.29 is 9.47 Å². The molecule has 1 aromatic carbocycles. The first kappa shape index (κ1) is 19.5. The van der Waals surface area contributed by atoms with E-state index in [1.54, 1.807) is 0 Å². The highest BCUT2D eigenvalue weighted by molar-refractivity contribution is 9.10. The number of ether oxygens (including phenoxy) is 2. The Morgan fingerprint density at radius 3 is 2.75 bits per heavy atom.